The highest BCUT2D eigenvalue weighted by molar-refractivity contribution is 4.87. The standard InChI is InChI=1S/C14H29NO2/c1-3-7-15(8-9-16)11-14(12-17)6-4-5-13(2)10-14/h13,16-17H,3-12H2,1-2H3. The van der Waals surface area contributed by atoms with Crippen molar-refractivity contribution < 1.29 is 10.2 Å². The third-order valence-electron chi connectivity index (χ3n) is 4.04. The topological polar surface area (TPSA) is 43.7 Å². The second kappa shape index (κ2) is 7.34. The first-order valence-corrected chi connectivity index (χ1v) is 7.10. The fourth-order valence-electron chi connectivity index (χ4n) is 3.31. The van der Waals surface area contributed by atoms with Crippen molar-refractivity contribution in [2.45, 2.75) is 46.0 Å². The maximum Gasteiger partial charge on any atom is 0.0558 e. The zero-order valence-corrected chi connectivity index (χ0v) is 11.5. The van der Waals surface area contributed by atoms with Gasteiger partial charge in [-0.05, 0) is 31.7 Å². The molecule has 0 spiro atoms. The van der Waals surface area contributed by atoms with Crippen molar-refractivity contribution in [3.63, 3.8) is 0 Å². The molecule has 0 radical (unpaired) electrons. The first kappa shape index (κ1) is 14.9. The molecule has 102 valence electrons. The average molecular weight is 243 g/mol. The number of hydrogen-bond acceptors (Lipinski definition) is 3. The van der Waals surface area contributed by atoms with Crippen LogP contribution >= 0.6 is 0 Å². The van der Waals surface area contributed by atoms with Gasteiger partial charge in [0.2, 0.25) is 0 Å². The van der Waals surface area contributed by atoms with Crippen LogP contribution in [0.1, 0.15) is 46.0 Å². The fourth-order valence-corrected chi connectivity index (χ4v) is 3.31. The first-order chi connectivity index (χ1) is 8.15. The van der Waals surface area contributed by atoms with E-state index < -0.39 is 0 Å². The van der Waals surface area contributed by atoms with Crippen LogP contribution in [-0.4, -0.2) is 48.0 Å². The minimum Gasteiger partial charge on any atom is -0.396 e. The molecule has 0 aromatic heterocycles. The van der Waals surface area contributed by atoms with E-state index >= 15 is 0 Å². The second-order valence-electron chi connectivity index (χ2n) is 5.86. The smallest absolute Gasteiger partial charge is 0.0558 e. The molecule has 1 fully saturated rings. The summed E-state index contributed by atoms with van der Waals surface area (Å²) < 4.78 is 0. The van der Waals surface area contributed by atoms with Crippen molar-refractivity contribution in [3.05, 3.63) is 0 Å². The largest absolute Gasteiger partial charge is 0.396 e. The molecule has 1 rings (SSSR count). The molecule has 0 aromatic carbocycles. The number of hydrogen-bond donors (Lipinski definition) is 2. The zero-order valence-electron chi connectivity index (χ0n) is 11.5. The molecule has 2 unspecified atom stereocenters. The molecule has 1 aliphatic carbocycles. The Morgan fingerprint density at radius 3 is 2.59 bits per heavy atom. The minimum absolute atomic E-state index is 0.0853. The minimum atomic E-state index is 0.0853. The quantitative estimate of drug-likeness (QED) is 0.717. The van der Waals surface area contributed by atoms with Gasteiger partial charge < -0.3 is 15.1 Å². The Bertz CT molecular complexity index is 204. The first-order valence-electron chi connectivity index (χ1n) is 7.10. The van der Waals surface area contributed by atoms with Crippen molar-refractivity contribution in [2.75, 3.05) is 32.8 Å². The van der Waals surface area contributed by atoms with E-state index in [1.165, 1.54) is 12.8 Å². The van der Waals surface area contributed by atoms with E-state index in [0.717, 1.165) is 44.8 Å². The molecule has 0 saturated heterocycles. The summed E-state index contributed by atoms with van der Waals surface area (Å²) in [5.74, 6) is 0.730. The third kappa shape index (κ3) is 4.57. The van der Waals surface area contributed by atoms with Gasteiger partial charge in [-0.15, -0.1) is 0 Å². The summed E-state index contributed by atoms with van der Waals surface area (Å²) in [6.45, 7) is 7.68. The number of nitrogens with zero attached hydrogens (tertiary/aromatic N) is 1. The van der Waals surface area contributed by atoms with Crippen LogP contribution in [0.25, 0.3) is 0 Å². The molecule has 0 aromatic rings. The number of rotatable bonds is 7. The van der Waals surface area contributed by atoms with Gasteiger partial charge in [-0.2, -0.15) is 0 Å². The highest BCUT2D eigenvalue weighted by Gasteiger charge is 2.35. The van der Waals surface area contributed by atoms with Crippen LogP contribution in [0.4, 0.5) is 0 Å². The maximum absolute atomic E-state index is 9.76. The summed E-state index contributed by atoms with van der Waals surface area (Å²) in [7, 11) is 0. The molecule has 2 atom stereocenters. The molecule has 0 heterocycles. The SMILES string of the molecule is CCCN(CCO)CC1(CO)CCCC(C)C1. The summed E-state index contributed by atoms with van der Waals surface area (Å²) in [4.78, 5) is 2.31. The van der Waals surface area contributed by atoms with Crippen molar-refractivity contribution in [3.8, 4) is 0 Å². The van der Waals surface area contributed by atoms with E-state index in [9.17, 15) is 5.11 Å². The lowest BCUT2D eigenvalue weighted by atomic mass is 9.70. The summed E-state index contributed by atoms with van der Waals surface area (Å²) in [6, 6.07) is 0. The van der Waals surface area contributed by atoms with Gasteiger partial charge in [0.1, 0.15) is 0 Å². The van der Waals surface area contributed by atoms with E-state index in [-0.39, 0.29) is 12.0 Å². The molecule has 0 bridgehead atoms. The van der Waals surface area contributed by atoms with E-state index in [1.807, 2.05) is 0 Å². The Kier molecular flexibility index (Phi) is 6.45. The van der Waals surface area contributed by atoms with Crippen LogP contribution in [-0.2, 0) is 0 Å². The van der Waals surface area contributed by atoms with Gasteiger partial charge in [-0.3, -0.25) is 0 Å². The zero-order chi connectivity index (χ0) is 12.7. The average Bonchev–Trinajstić information content (AvgIpc) is 2.30. The van der Waals surface area contributed by atoms with Crippen LogP contribution in [0.15, 0.2) is 0 Å². The fraction of sp³-hybridized carbons (Fsp3) is 1.00. The van der Waals surface area contributed by atoms with Gasteiger partial charge in [0.15, 0.2) is 0 Å². The summed E-state index contributed by atoms with van der Waals surface area (Å²) in [5, 5.41) is 18.9. The summed E-state index contributed by atoms with van der Waals surface area (Å²) >= 11 is 0. The van der Waals surface area contributed by atoms with Crippen LogP contribution in [0, 0.1) is 11.3 Å². The van der Waals surface area contributed by atoms with Gasteiger partial charge in [0, 0.05) is 25.1 Å². The highest BCUT2D eigenvalue weighted by atomic mass is 16.3. The molecule has 1 saturated carbocycles. The van der Waals surface area contributed by atoms with Gasteiger partial charge in [-0.1, -0.05) is 26.7 Å². The molecule has 17 heavy (non-hydrogen) atoms. The molecule has 3 heteroatoms. The van der Waals surface area contributed by atoms with Crippen LogP contribution in [0.3, 0.4) is 0 Å². The molecular weight excluding hydrogens is 214 g/mol. The van der Waals surface area contributed by atoms with Crippen molar-refractivity contribution in [1.29, 1.82) is 0 Å². The molecule has 0 amide bonds. The highest BCUT2D eigenvalue weighted by Crippen LogP contribution is 2.39. The molecule has 0 aliphatic heterocycles. The lowest BCUT2D eigenvalue weighted by Gasteiger charge is -2.42. The van der Waals surface area contributed by atoms with Crippen LogP contribution < -0.4 is 0 Å². The second-order valence-corrected chi connectivity index (χ2v) is 5.86. The Morgan fingerprint density at radius 1 is 1.29 bits per heavy atom. The van der Waals surface area contributed by atoms with E-state index in [2.05, 4.69) is 18.7 Å². The van der Waals surface area contributed by atoms with Crippen molar-refractivity contribution >= 4 is 0 Å². The maximum atomic E-state index is 9.76. The van der Waals surface area contributed by atoms with Gasteiger partial charge in [0.05, 0.1) is 6.61 Å². The predicted octanol–water partition coefficient (Wildman–Crippen LogP) is 1.88. The molecule has 1 aliphatic rings. The van der Waals surface area contributed by atoms with Crippen molar-refractivity contribution in [2.24, 2.45) is 11.3 Å². The van der Waals surface area contributed by atoms with E-state index in [0.29, 0.717) is 6.61 Å². The Balaban J connectivity index is 2.58. The lowest BCUT2D eigenvalue weighted by Crippen LogP contribution is -2.44. The summed E-state index contributed by atoms with van der Waals surface area (Å²) in [6.07, 6.45) is 5.92. The van der Waals surface area contributed by atoms with Crippen molar-refractivity contribution in [1.82, 2.24) is 4.90 Å². The lowest BCUT2D eigenvalue weighted by molar-refractivity contribution is 0.0195. The van der Waals surface area contributed by atoms with Gasteiger partial charge >= 0.3 is 0 Å². The molecular formula is C14H29NO2. The Hall–Kier alpha value is -0.120. The number of aliphatic hydroxyl groups is 2. The third-order valence-corrected chi connectivity index (χ3v) is 4.04. The number of aliphatic hydroxyl groups excluding tert-OH is 2. The van der Waals surface area contributed by atoms with E-state index in [4.69, 9.17) is 5.11 Å². The predicted molar refractivity (Wildman–Crippen MR) is 71.0 cm³/mol. The van der Waals surface area contributed by atoms with E-state index in [1.54, 1.807) is 0 Å². The summed E-state index contributed by atoms with van der Waals surface area (Å²) in [5.41, 5.74) is 0.0853. The van der Waals surface area contributed by atoms with Gasteiger partial charge in [-0.25, -0.2) is 0 Å². The monoisotopic (exact) mass is 243 g/mol. The Morgan fingerprint density at radius 2 is 2.06 bits per heavy atom. The Labute approximate surface area is 106 Å². The van der Waals surface area contributed by atoms with Crippen LogP contribution in [0.2, 0.25) is 0 Å². The molecule has 3 nitrogen and oxygen atoms in total. The normalized spacial score (nSPS) is 29.8. The molecule has 2 N–H and O–H groups in total. The van der Waals surface area contributed by atoms with Gasteiger partial charge in [0.25, 0.3) is 0 Å². The van der Waals surface area contributed by atoms with Crippen LogP contribution in [0.5, 0.6) is 0 Å².